The average molecular weight is 376 g/mol. The lowest BCUT2D eigenvalue weighted by molar-refractivity contribution is 0.126. The van der Waals surface area contributed by atoms with Gasteiger partial charge in [0.2, 0.25) is 0 Å². The number of urea groups is 1. The summed E-state index contributed by atoms with van der Waals surface area (Å²) < 4.78 is 30.2. The first-order valence-electron chi connectivity index (χ1n) is 9.42. The first-order chi connectivity index (χ1) is 13.0. The summed E-state index contributed by atoms with van der Waals surface area (Å²) in [5, 5.41) is 7.29. The van der Waals surface area contributed by atoms with Crippen LogP contribution in [-0.4, -0.2) is 33.8 Å². The Hall–Kier alpha value is -2.44. The highest BCUT2D eigenvalue weighted by Gasteiger charge is 2.30. The van der Waals surface area contributed by atoms with Gasteiger partial charge in [-0.05, 0) is 31.2 Å². The maximum Gasteiger partial charge on any atom is 0.317 e. The van der Waals surface area contributed by atoms with E-state index in [0.29, 0.717) is 32.5 Å². The number of piperidine rings is 1. The lowest BCUT2D eigenvalue weighted by atomic mass is 9.88. The fourth-order valence-corrected chi connectivity index (χ4v) is 3.66. The molecule has 7 heteroatoms. The van der Waals surface area contributed by atoms with Gasteiger partial charge in [0.25, 0.3) is 0 Å². The number of carbonyl (C=O) groups excluding carboxylic acids is 1. The van der Waals surface area contributed by atoms with Gasteiger partial charge in [0.15, 0.2) is 0 Å². The third kappa shape index (κ3) is 4.46. The number of aryl methyl sites for hydroxylation is 2. The van der Waals surface area contributed by atoms with Crippen LogP contribution in [0.2, 0.25) is 0 Å². The quantitative estimate of drug-likeness (QED) is 0.864. The van der Waals surface area contributed by atoms with Crippen LogP contribution in [0.4, 0.5) is 13.6 Å². The number of carbonyl (C=O) groups is 1. The van der Waals surface area contributed by atoms with Gasteiger partial charge in [0.1, 0.15) is 12.0 Å². The molecule has 0 aliphatic carbocycles. The fraction of sp³-hybridized carbons (Fsp3) is 0.500. The summed E-state index contributed by atoms with van der Waals surface area (Å²) in [6.07, 6.45) is 2.43. The van der Waals surface area contributed by atoms with Gasteiger partial charge in [-0.2, -0.15) is 5.10 Å². The van der Waals surface area contributed by atoms with Crippen LogP contribution in [0.5, 0.6) is 0 Å². The zero-order valence-corrected chi connectivity index (χ0v) is 15.8. The van der Waals surface area contributed by atoms with Crippen LogP contribution >= 0.6 is 0 Å². The number of benzene rings is 1. The number of alkyl halides is 1. The maximum absolute atomic E-state index is 14.7. The SMILES string of the molecule is CCc1nn(C)cc1CNC(=O)N1CCC(C(F)c2ccccc2F)CC1. The zero-order chi connectivity index (χ0) is 19.4. The molecule has 0 spiro atoms. The van der Waals surface area contributed by atoms with Crippen molar-refractivity contribution in [3.05, 3.63) is 53.1 Å². The molecule has 0 radical (unpaired) electrons. The molecule has 0 saturated carbocycles. The molecule has 2 aromatic rings. The number of aromatic nitrogens is 2. The molecule has 0 bridgehead atoms. The van der Waals surface area contributed by atoms with Crippen LogP contribution in [0, 0.1) is 11.7 Å². The number of hydrogen-bond donors (Lipinski definition) is 1. The number of halogens is 2. The Balaban J connectivity index is 1.51. The molecule has 2 heterocycles. The lowest BCUT2D eigenvalue weighted by Crippen LogP contribution is -2.44. The largest absolute Gasteiger partial charge is 0.334 e. The van der Waals surface area contributed by atoms with Crippen molar-refractivity contribution in [2.24, 2.45) is 13.0 Å². The van der Waals surface area contributed by atoms with Gasteiger partial charge in [-0.3, -0.25) is 4.68 Å². The maximum atomic E-state index is 14.7. The molecule has 1 N–H and O–H groups in total. The molecule has 5 nitrogen and oxygen atoms in total. The van der Waals surface area contributed by atoms with Crippen LogP contribution in [0.3, 0.4) is 0 Å². The van der Waals surface area contributed by atoms with E-state index in [2.05, 4.69) is 10.4 Å². The van der Waals surface area contributed by atoms with Crippen LogP contribution < -0.4 is 5.32 Å². The molecule has 1 aliphatic heterocycles. The molecule has 1 atom stereocenters. The number of likely N-dealkylation sites (tertiary alicyclic amines) is 1. The molecular weight excluding hydrogens is 350 g/mol. The Morgan fingerprint density at radius 2 is 2.04 bits per heavy atom. The van der Waals surface area contributed by atoms with E-state index < -0.39 is 12.0 Å². The molecule has 3 rings (SSSR count). The van der Waals surface area contributed by atoms with E-state index in [-0.39, 0.29) is 17.5 Å². The topological polar surface area (TPSA) is 50.2 Å². The van der Waals surface area contributed by atoms with E-state index in [0.717, 1.165) is 17.7 Å². The lowest BCUT2D eigenvalue weighted by Gasteiger charge is -2.33. The number of rotatable bonds is 5. The molecule has 1 fully saturated rings. The Kier molecular flexibility index (Phi) is 6.08. The number of nitrogens with one attached hydrogen (secondary N) is 1. The summed E-state index contributed by atoms with van der Waals surface area (Å²) >= 11 is 0. The van der Waals surface area contributed by atoms with Crippen molar-refractivity contribution in [3.8, 4) is 0 Å². The Labute approximate surface area is 158 Å². The predicted octanol–water partition coefficient (Wildman–Crippen LogP) is 3.75. The summed E-state index contributed by atoms with van der Waals surface area (Å²) in [5.74, 6) is -0.774. The molecule has 1 aliphatic rings. The molecule has 146 valence electrons. The molecule has 27 heavy (non-hydrogen) atoms. The van der Waals surface area contributed by atoms with Crippen molar-refractivity contribution in [1.29, 1.82) is 0 Å². The normalized spacial score (nSPS) is 16.4. The third-order valence-corrected chi connectivity index (χ3v) is 5.20. The van der Waals surface area contributed by atoms with E-state index in [9.17, 15) is 13.6 Å². The summed E-state index contributed by atoms with van der Waals surface area (Å²) in [4.78, 5) is 14.1. The minimum atomic E-state index is -1.33. The second-order valence-corrected chi connectivity index (χ2v) is 7.03. The number of amides is 2. The molecule has 1 saturated heterocycles. The van der Waals surface area contributed by atoms with Crippen molar-refractivity contribution in [1.82, 2.24) is 20.0 Å². The van der Waals surface area contributed by atoms with Gasteiger partial charge in [-0.1, -0.05) is 25.1 Å². The predicted molar refractivity (Wildman–Crippen MR) is 99.4 cm³/mol. The summed E-state index contributed by atoms with van der Waals surface area (Å²) in [6.45, 7) is 3.40. The number of hydrogen-bond acceptors (Lipinski definition) is 2. The van der Waals surface area contributed by atoms with Gasteiger partial charge in [0, 0.05) is 44.0 Å². The molecule has 1 aromatic heterocycles. The Morgan fingerprint density at radius 3 is 2.70 bits per heavy atom. The van der Waals surface area contributed by atoms with Crippen LogP contribution in [0.25, 0.3) is 0 Å². The average Bonchev–Trinajstić information content (AvgIpc) is 3.06. The zero-order valence-electron chi connectivity index (χ0n) is 15.8. The van der Waals surface area contributed by atoms with Crippen LogP contribution in [-0.2, 0) is 20.0 Å². The van der Waals surface area contributed by atoms with E-state index in [4.69, 9.17) is 0 Å². The summed E-state index contributed by atoms with van der Waals surface area (Å²) in [6, 6.07) is 5.84. The number of nitrogens with zero attached hydrogens (tertiary/aromatic N) is 3. The second-order valence-electron chi connectivity index (χ2n) is 7.03. The van der Waals surface area contributed by atoms with Crippen LogP contribution in [0.15, 0.2) is 30.5 Å². The monoisotopic (exact) mass is 376 g/mol. The third-order valence-electron chi connectivity index (χ3n) is 5.20. The second kappa shape index (κ2) is 8.50. The van der Waals surface area contributed by atoms with Gasteiger partial charge < -0.3 is 10.2 Å². The van der Waals surface area contributed by atoms with Gasteiger partial charge in [-0.15, -0.1) is 0 Å². The highest BCUT2D eigenvalue weighted by atomic mass is 19.1. The van der Waals surface area contributed by atoms with Gasteiger partial charge >= 0.3 is 6.03 Å². The molecule has 1 unspecified atom stereocenters. The summed E-state index contributed by atoms with van der Waals surface area (Å²) in [7, 11) is 1.86. The minimum absolute atomic E-state index is 0.115. The van der Waals surface area contributed by atoms with Crippen molar-refractivity contribution in [2.45, 2.75) is 38.9 Å². The summed E-state index contributed by atoms with van der Waals surface area (Å²) in [5.41, 5.74) is 2.09. The molecular formula is C20H26F2N4O. The van der Waals surface area contributed by atoms with Gasteiger partial charge in [-0.25, -0.2) is 13.6 Å². The van der Waals surface area contributed by atoms with Gasteiger partial charge in [0.05, 0.1) is 5.69 Å². The van der Waals surface area contributed by atoms with E-state index in [1.54, 1.807) is 21.7 Å². The first-order valence-corrected chi connectivity index (χ1v) is 9.42. The van der Waals surface area contributed by atoms with Crippen molar-refractivity contribution in [2.75, 3.05) is 13.1 Å². The Bertz CT molecular complexity index is 784. The van der Waals surface area contributed by atoms with E-state index in [1.165, 1.54) is 12.1 Å². The first kappa shape index (κ1) is 19.3. The van der Waals surface area contributed by atoms with Crippen molar-refractivity contribution < 1.29 is 13.6 Å². The smallest absolute Gasteiger partial charge is 0.317 e. The van der Waals surface area contributed by atoms with Crippen LogP contribution in [0.1, 0.15) is 42.8 Å². The Morgan fingerprint density at radius 1 is 1.33 bits per heavy atom. The fourth-order valence-electron chi connectivity index (χ4n) is 3.66. The van der Waals surface area contributed by atoms with Crippen molar-refractivity contribution >= 4 is 6.03 Å². The standard InChI is InChI=1S/C20H26F2N4O/c1-3-18-15(13-25(2)24-18)12-23-20(27)26-10-8-14(9-11-26)19(22)16-6-4-5-7-17(16)21/h4-7,13-14,19H,3,8-12H2,1-2H3,(H,23,27). The molecule has 1 aromatic carbocycles. The highest BCUT2D eigenvalue weighted by molar-refractivity contribution is 5.74. The molecule has 2 amide bonds. The highest BCUT2D eigenvalue weighted by Crippen LogP contribution is 2.34. The minimum Gasteiger partial charge on any atom is -0.334 e. The van der Waals surface area contributed by atoms with Crippen molar-refractivity contribution in [3.63, 3.8) is 0 Å². The van der Waals surface area contributed by atoms with E-state index >= 15 is 0 Å². The van der Waals surface area contributed by atoms with E-state index in [1.807, 2.05) is 20.2 Å².